The molecule has 0 aromatic carbocycles. The van der Waals surface area contributed by atoms with Crippen LogP contribution in [0.5, 0.6) is 0 Å². The lowest BCUT2D eigenvalue weighted by molar-refractivity contribution is 0.232. The van der Waals surface area contributed by atoms with Crippen molar-refractivity contribution in [3.63, 3.8) is 0 Å². The van der Waals surface area contributed by atoms with Crippen LogP contribution in [0.2, 0.25) is 0 Å². The first-order chi connectivity index (χ1) is 9.78. The van der Waals surface area contributed by atoms with E-state index in [9.17, 15) is 0 Å². The molecule has 0 amide bonds. The average Bonchev–Trinajstić information content (AvgIpc) is 2.96. The second-order valence-corrected chi connectivity index (χ2v) is 5.38. The summed E-state index contributed by atoms with van der Waals surface area (Å²) in [7, 11) is 0. The molecule has 0 radical (unpaired) electrons. The van der Waals surface area contributed by atoms with Gasteiger partial charge in [0.15, 0.2) is 0 Å². The number of likely N-dealkylation sites (N-methyl/N-ethyl adjacent to an activating group) is 1. The summed E-state index contributed by atoms with van der Waals surface area (Å²) in [5, 5.41) is 3.34. The first-order valence-electron chi connectivity index (χ1n) is 7.94. The summed E-state index contributed by atoms with van der Waals surface area (Å²) in [5.41, 5.74) is 1.13. The van der Waals surface area contributed by atoms with Crippen LogP contribution < -0.4 is 10.2 Å². The van der Waals surface area contributed by atoms with Crippen LogP contribution in [0.25, 0.3) is 0 Å². The van der Waals surface area contributed by atoms with Gasteiger partial charge in [-0.25, -0.2) is 4.98 Å². The van der Waals surface area contributed by atoms with Crippen LogP contribution in [-0.2, 0) is 6.54 Å². The number of hydrogen-bond donors (Lipinski definition) is 1. The number of pyridine rings is 1. The largest absolute Gasteiger partial charge is 0.355 e. The second-order valence-electron chi connectivity index (χ2n) is 5.38. The Morgan fingerprint density at radius 3 is 2.80 bits per heavy atom. The first kappa shape index (κ1) is 15.3. The zero-order valence-electron chi connectivity index (χ0n) is 13.1. The van der Waals surface area contributed by atoms with Crippen LogP contribution in [0.15, 0.2) is 18.2 Å². The third-order valence-corrected chi connectivity index (χ3v) is 4.16. The van der Waals surface area contributed by atoms with Crippen molar-refractivity contribution in [2.75, 3.05) is 37.6 Å². The molecule has 2 rings (SSSR count). The summed E-state index contributed by atoms with van der Waals surface area (Å²) >= 11 is 0. The fraction of sp³-hybridized carbons (Fsp3) is 0.688. The monoisotopic (exact) mass is 276 g/mol. The zero-order valence-corrected chi connectivity index (χ0v) is 13.1. The third kappa shape index (κ3) is 3.70. The Hall–Kier alpha value is -1.13. The molecule has 0 aliphatic carbocycles. The van der Waals surface area contributed by atoms with E-state index in [1.54, 1.807) is 0 Å². The highest BCUT2D eigenvalue weighted by Gasteiger charge is 2.26. The number of nitrogens with one attached hydrogen (secondary N) is 1. The van der Waals surface area contributed by atoms with E-state index in [0.717, 1.165) is 50.8 Å². The maximum atomic E-state index is 4.78. The van der Waals surface area contributed by atoms with Gasteiger partial charge in [-0.15, -0.1) is 0 Å². The van der Waals surface area contributed by atoms with Crippen molar-refractivity contribution in [3.8, 4) is 0 Å². The van der Waals surface area contributed by atoms with Gasteiger partial charge < -0.3 is 10.2 Å². The van der Waals surface area contributed by atoms with Crippen LogP contribution in [0.1, 0.15) is 32.9 Å². The number of hydrogen-bond acceptors (Lipinski definition) is 4. The van der Waals surface area contributed by atoms with Crippen LogP contribution in [-0.4, -0.2) is 48.6 Å². The molecule has 1 unspecified atom stereocenters. The molecule has 0 spiro atoms. The minimum Gasteiger partial charge on any atom is -0.355 e. The molecule has 1 fully saturated rings. The molecule has 1 aliphatic rings. The summed E-state index contributed by atoms with van der Waals surface area (Å²) in [6.45, 7) is 13.0. The Morgan fingerprint density at radius 1 is 1.30 bits per heavy atom. The molecule has 1 aromatic rings. The van der Waals surface area contributed by atoms with Crippen molar-refractivity contribution in [2.45, 2.75) is 39.8 Å². The van der Waals surface area contributed by atoms with Gasteiger partial charge >= 0.3 is 0 Å². The summed E-state index contributed by atoms with van der Waals surface area (Å²) in [6.07, 6.45) is 1.25. The van der Waals surface area contributed by atoms with Gasteiger partial charge in [0.2, 0.25) is 0 Å². The molecule has 1 N–H and O–H groups in total. The van der Waals surface area contributed by atoms with Crippen LogP contribution in [0.4, 0.5) is 5.82 Å². The van der Waals surface area contributed by atoms with Crippen LogP contribution in [0, 0.1) is 0 Å². The van der Waals surface area contributed by atoms with Crippen LogP contribution in [0.3, 0.4) is 0 Å². The molecule has 20 heavy (non-hydrogen) atoms. The Balaban J connectivity index is 1.98. The minimum absolute atomic E-state index is 0.684. The quantitative estimate of drug-likeness (QED) is 0.826. The van der Waals surface area contributed by atoms with Gasteiger partial charge in [0.1, 0.15) is 5.82 Å². The predicted octanol–water partition coefficient (Wildman–Crippen LogP) is 2.11. The fourth-order valence-electron chi connectivity index (χ4n) is 2.98. The van der Waals surface area contributed by atoms with E-state index in [1.807, 2.05) is 0 Å². The van der Waals surface area contributed by atoms with Crippen molar-refractivity contribution in [1.29, 1.82) is 0 Å². The first-order valence-corrected chi connectivity index (χ1v) is 7.94. The molecule has 1 aromatic heterocycles. The lowest BCUT2D eigenvalue weighted by atomic mass is 10.2. The summed E-state index contributed by atoms with van der Waals surface area (Å²) < 4.78 is 0. The molecule has 1 saturated heterocycles. The Morgan fingerprint density at radius 2 is 2.10 bits per heavy atom. The van der Waals surface area contributed by atoms with E-state index in [4.69, 9.17) is 4.98 Å². The maximum Gasteiger partial charge on any atom is 0.128 e. The Bertz CT molecular complexity index is 403. The molecule has 2 heterocycles. The number of rotatable bonds is 7. The highest BCUT2D eigenvalue weighted by molar-refractivity contribution is 5.41. The molecule has 112 valence electrons. The van der Waals surface area contributed by atoms with E-state index in [0.29, 0.717) is 6.04 Å². The molecular weight excluding hydrogens is 248 g/mol. The SMILES string of the molecule is CCNCc1cccc(N2CCC(N(CC)CC)C2)n1. The van der Waals surface area contributed by atoms with Gasteiger partial charge in [0.05, 0.1) is 5.69 Å². The highest BCUT2D eigenvalue weighted by Crippen LogP contribution is 2.21. The lowest BCUT2D eigenvalue weighted by Gasteiger charge is -2.26. The maximum absolute atomic E-state index is 4.78. The number of anilines is 1. The highest BCUT2D eigenvalue weighted by atomic mass is 15.3. The van der Waals surface area contributed by atoms with Crippen LogP contribution >= 0.6 is 0 Å². The van der Waals surface area contributed by atoms with Gasteiger partial charge in [-0.05, 0) is 38.2 Å². The van der Waals surface area contributed by atoms with E-state index in [-0.39, 0.29) is 0 Å². The van der Waals surface area contributed by atoms with Gasteiger partial charge in [0.25, 0.3) is 0 Å². The van der Waals surface area contributed by atoms with Crippen molar-refractivity contribution >= 4 is 5.82 Å². The molecule has 0 saturated carbocycles. The van der Waals surface area contributed by atoms with Crippen molar-refractivity contribution < 1.29 is 0 Å². The van der Waals surface area contributed by atoms with Crippen molar-refractivity contribution in [3.05, 3.63) is 23.9 Å². The lowest BCUT2D eigenvalue weighted by Crippen LogP contribution is -2.37. The molecule has 4 heteroatoms. The number of nitrogens with zero attached hydrogens (tertiary/aromatic N) is 3. The summed E-state index contributed by atoms with van der Waals surface area (Å²) in [6, 6.07) is 7.05. The smallest absolute Gasteiger partial charge is 0.128 e. The minimum atomic E-state index is 0.684. The van der Waals surface area contributed by atoms with E-state index in [1.165, 1.54) is 6.42 Å². The van der Waals surface area contributed by atoms with E-state index < -0.39 is 0 Å². The molecule has 4 nitrogen and oxygen atoms in total. The van der Waals surface area contributed by atoms with Gasteiger partial charge in [-0.2, -0.15) is 0 Å². The Kier molecular flexibility index (Phi) is 5.80. The van der Waals surface area contributed by atoms with Crippen molar-refractivity contribution in [1.82, 2.24) is 15.2 Å². The number of aromatic nitrogens is 1. The van der Waals surface area contributed by atoms with Gasteiger partial charge in [-0.1, -0.05) is 26.8 Å². The predicted molar refractivity (Wildman–Crippen MR) is 85.2 cm³/mol. The zero-order chi connectivity index (χ0) is 14.4. The van der Waals surface area contributed by atoms with E-state index >= 15 is 0 Å². The van der Waals surface area contributed by atoms with E-state index in [2.05, 4.69) is 54.1 Å². The summed E-state index contributed by atoms with van der Waals surface area (Å²) in [4.78, 5) is 9.77. The molecule has 1 atom stereocenters. The topological polar surface area (TPSA) is 31.4 Å². The molecule has 1 aliphatic heterocycles. The molecule has 0 bridgehead atoms. The third-order valence-electron chi connectivity index (χ3n) is 4.16. The van der Waals surface area contributed by atoms with Gasteiger partial charge in [-0.3, -0.25) is 4.90 Å². The average molecular weight is 276 g/mol. The Labute approximate surface area is 123 Å². The second kappa shape index (κ2) is 7.60. The van der Waals surface area contributed by atoms with Gasteiger partial charge in [0, 0.05) is 25.7 Å². The normalized spacial score (nSPS) is 19.0. The van der Waals surface area contributed by atoms with Crippen molar-refractivity contribution in [2.24, 2.45) is 0 Å². The molecular formula is C16H28N4. The fourth-order valence-corrected chi connectivity index (χ4v) is 2.98. The standard InChI is InChI=1S/C16H28N4/c1-4-17-12-14-8-7-9-16(18-14)20-11-10-15(13-20)19(5-2)6-3/h7-9,15,17H,4-6,10-13H2,1-3H3. The summed E-state index contributed by atoms with van der Waals surface area (Å²) in [5.74, 6) is 1.13.